The lowest BCUT2D eigenvalue weighted by Gasteiger charge is -2.15. The molecule has 0 saturated carbocycles. The van der Waals surface area contributed by atoms with Crippen LogP contribution in [-0.4, -0.2) is 24.7 Å². The molecule has 1 aromatic rings. The molecule has 1 rings (SSSR count). The molecule has 0 aliphatic rings. The Bertz CT molecular complexity index is 371. The van der Waals surface area contributed by atoms with Crippen LogP contribution < -0.4 is 10.1 Å². The fourth-order valence-corrected chi connectivity index (χ4v) is 1.33. The summed E-state index contributed by atoms with van der Waals surface area (Å²) in [6.07, 6.45) is 0. The Hall–Kier alpha value is -1.69. The first-order chi connectivity index (χ1) is 7.56. The Balaban J connectivity index is 3.05. The molecule has 0 radical (unpaired) electrons. The van der Waals surface area contributed by atoms with Crippen molar-refractivity contribution in [3.8, 4) is 5.75 Å². The molecule has 88 valence electrons. The van der Waals surface area contributed by atoms with Gasteiger partial charge in [0.15, 0.2) is 0 Å². The highest BCUT2D eigenvalue weighted by Gasteiger charge is 2.22. The SMILES string of the molecule is CN[C@H](C(=O)O)c1ccccc1OC(F)F. The zero-order valence-electron chi connectivity index (χ0n) is 8.48. The van der Waals surface area contributed by atoms with Crippen LogP contribution in [0.25, 0.3) is 0 Å². The van der Waals surface area contributed by atoms with Crippen LogP contribution in [-0.2, 0) is 4.79 Å². The van der Waals surface area contributed by atoms with Crippen molar-refractivity contribution >= 4 is 5.97 Å². The molecule has 0 aliphatic carbocycles. The second kappa shape index (κ2) is 5.41. The average molecular weight is 231 g/mol. The lowest BCUT2D eigenvalue weighted by Crippen LogP contribution is -2.25. The highest BCUT2D eigenvalue weighted by molar-refractivity contribution is 5.76. The molecule has 0 spiro atoms. The number of likely N-dealkylation sites (N-methyl/N-ethyl adjacent to an activating group) is 1. The molecular weight excluding hydrogens is 220 g/mol. The van der Waals surface area contributed by atoms with Crippen molar-refractivity contribution in [1.29, 1.82) is 0 Å². The van der Waals surface area contributed by atoms with Gasteiger partial charge in [0.1, 0.15) is 11.8 Å². The highest BCUT2D eigenvalue weighted by atomic mass is 19.3. The van der Waals surface area contributed by atoms with E-state index in [-0.39, 0.29) is 11.3 Å². The lowest BCUT2D eigenvalue weighted by molar-refractivity contribution is -0.139. The van der Waals surface area contributed by atoms with E-state index in [1.54, 1.807) is 6.07 Å². The van der Waals surface area contributed by atoms with E-state index in [1.165, 1.54) is 25.2 Å². The molecule has 0 fully saturated rings. The van der Waals surface area contributed by atoms with Crippen LogP contribution in [0.2, 0.25) is 0 Å². The summed E-state index contributed by atoms with van der Waals surface area (Å²) >= 11 is 0. The van der Waals surface area contributed by atoms with Crippen LogP contribution in [0.1, 0.15) is 11.6 Å². The number of aliphatic carboxylic acids is 1. The number of rotatable bonds is 5. The number of carbonyl (C=O) groups is 1. The number of hydrogen-bond acceptors (Lipinski definition) is 3. The fourth-order valence-electron chi connectivity index (χ4n) is 1.33. The van der Waals surface area contributed by atoms with Crippen LogP contribution >= 0.6 is 0 Å². The van der Waals surface area contributed by atoms with Crippen molar-refractivity contribution in [2.24, 2.45) is 0 Å². The molecule has 0 saturated heterocycles. The number of carboxylic acids is 1. The van der Waals surface area contributed by atoms with Gasteiger partial charge in [-0.25, -0.2) is 0 Å². The summed E-state index contributed by atoms with van der Waals surface area (Å²) in [7, 11) is 1.43. The summed E-state index contributed by atoms with van der Waals surface area (Å²) in [6.45, 7) is -2.98. The highest BCUT2D eigenvalue weighted by Crippen LogP contribution is 2.26. The standard InChI is InChI=1S/C10H11F2NO3/c1-13-8(9(14)15)6-4-2-3-5-7(6)16-10(11)12/h2-5,8,10,13H,1H3,(H,14,15)/t8-/m0/s1. The third kappa shape index (κ3) is 2.90. The van der Waals surface area contributed by atoms with Crippen molar-refractivity contribution < 1.29 is 23.4 Å². The molecule has 0 amide bonds. The van der Waals surface area contributed by atoms with Crippen LogP contribution in [0.3, 0.4) is 0 Å². The Kier molecular flexibility index (Phi) is 4.19. The molecule has 2 N–H and O–H groups in total. The van der Waals surface area contributed by atoms with Gasteiger partial charge < -0.3 is 15.2 Å². The van der Waals surface area contributed by atoms with Crippen LogP contribution in [0.15, 0.2) is 24.3 Å². The van der Waals surface area contributed by atoms with Gasteiger partial charge in [0.05, 0.1) is 0 Å². The number of hydrogen-bond donors (Lipinski definition) is 2. The normalized spacial score (nSPS) is 12.5. The van der Waals surface area contributed by atoms with E-state index in [1.807, 2.05) is 0 Å². The summed E-state index contributed by atoms with van der Waals surface area (Å²) in [4.78, 5) is 10.9. The summed E-state index contributed by atoms with van der Waals surface area (Å²) in [5.74, 6) is -1.30. The van der Waals surface area contributed by atoms with Crippen LogP contribution in [0.4, 0.5) is 8.78 Å². The Labute approximate surface area is 90.8 Å². The summed E-state index contributed by atoms with van der Waals surface area (Å²) in [5, 5.41) is 11.4. The second-order valence-electron chi connectivity index (χ2n) is 2.98. The number of nitrogens with one attached hydrogen (secondary N) is 1. The molecule has 4 nitrogen and oxygen atoms in total. The zero-order chi connectivity index (χ0) is 12.1. The lowest BCUT2D eigenvalue weighted by atomic mass is 10.1. The van der Waals surface area contributed by atoms with Crippen molar-refractivity contribution in [3.63, 3.8) is 0 Å². The van der Waals surface area contributed by atoms with Crippen molar-refractivity contribution in [3.05, 3.63) is 29.8 Å². The molecule has 0 aliphatic heterocycles. The number of halogens is 2. The summed E-state index contributed by atoms with van der Waals surface area (Å²) in [5.41, 5.74) is 0.165. The van der Waals surface area contributed by atoms with Crippen molar-refractivity contribution in [2.75, 3.05) is 7.05 Å². The first-order valence-corrected chi connectivity index (χ1v) is 4.50. The monoisotopic (exact) mass is 231 g/mol. The Morgan fingerprint density at radius 3 is 2.56 bits per heavy atom. The van der Waals surface area contributed by atoms with Gasteiger partial charge in [-0.05, 0) is 13.1 Å². The van der Waals surface area contributed by atoms with Crippen molar-refractivity contribution in [1.82, 2.24) is 5.32 Å². The molecule has 16 heavy (non-hydrogen) atoms. The zero-order valence-corrected chi connectivity index (χ0v) is 8.48. The van der Waals surface area contributed by atoms with Crippen molar-refractivity contribution in [2.45, 2.75) is 12.7 Å². The number of para-hydroxylation sites is 1. The topological polar surface area (TPSA) is 58.6 Å². The largest absolute Gasteiger partial charge is 0.480 e. The molecule has 0 bridgehead atoms. The van der Waals surface area contributed by atoms with E-state index < -0.39 is 18.6 Å². The van der Waals surface area contributed by atoms with E-state index in [0.717, 1.165) is 0 Å². The molecule has 1 aromatic carbocycles. The van der Waals surface area contributed by atoms with Gasteiger partial charge in [0.25, 0.3) is 0 Å². The Morgan fingerprint density at radius 1 is 1.44 bits per heavy atom. The van der Waals surface area contributed by atoms with Gasteiger partial charge in [0.2, 0.25) is 0 Å². The number of ether oxygens (including phenoxy) is 1. The number of alkyl halides is 2. The van der Waals surface area contributed by atoms with Gasteiger partial charge in [0, 0.05) is 5.56 Å². The first-order valence-electron chi connectivity index (χ1n) is 4.50. The predicted octanol–water partition coefficient (Wildman–Crippen LogP) is 1.63. The van der Waals surface area contributed by atoms with Gasteiger partial charge in [-0.1, -0.05) is 18.2 Å². The van der Waals surface area contributed by atoms with E-state index in [4.69, 9.17) is 5.11 Å². The maximum Gasteiger partial charge on any atom is 0.387 e. The molecule has 1 atom stereocenters. The molecule has 0 unspecified atom stereocenters. The van der Waals surface area contributed by atoms with Gasteiger partial charge in [-0.2, -0.15) is 8.78 Å². The minimum absolute atomic E-state index is 0.140. The molecule has 0 aromatic heterocycles. The third-order valence-electron chi connectivity index (χ3n) is 1.98. The van der Waals surface area contributed by atoms with Crippen LogP contribution in [0, 0.1) is 0 Å². The van der Waals surface area contributed by atoms with Gasteiger partial charge in [-0.15, -0.1) is 0 Å². The fraction of sp³-hybridized carbons (Fsp3) is 0.300. The summed E-state index contributed by atoms with van der Waals surface area (Å²) < 4.78 is 28.4. The van der Waals surface area contributed by atoms with Gasteiger partial charge in [-0.3, -0.25) is 4.79 Å². The maximum atomic E-state index is 12.1. The average Bonchev–Trinajstić information content (AvgIpc) is 2.20. The van der Waals surface area contributed by atoms with E-state index >= 15 is 0 Å². The Morgan fingerprint density at radius 2 is 2.06 bits per heavy atom. The molecule has 6 heteroatoms. The smallest absolute Gasteiger partial charge is 0.387 e. The predicted molar refractivity (Wildman–Crippen MR) is 52.5 cm³/mol. The minimum atomic E-state index is -2.98. The summed E-state index contributed by atoms with van der Waals surface area (Å²) in [6, 6.07) is 4.70. The van der Waals surface area contributed by atoms with Gasteiger partial charge >= 0.3 is 12.6 Å². The second-order valence-corrected chi connectivity index (χ2v) is 2.98. The number of benzene rings is 1. The van der Waals surface area contributed by atoms with E-state index in [2.05, 4.69) is 10.1 Å². The number of carboxylic acid groups (broad SMARTS) is 1. The minimum Gasteiger partial charge on any atom is -0.480 e. The van der Waals surface area contributed by atoms with E-state index in [0.29, 0.717) is 0 Å². The third-order valence-corrected chi connectivity index (χ3v) is 1.98. The van der Waals surface area contributed by atoms with Crippen LogP contribution in [0.5, 0.6) is 5.75 Å². The quantitative estimate of drug-likeness (QED) is 0.808. The maximum absolute atomic E-state index is 12.1. The first kappa shape index (κ1) is 12.4. The van der Waals surface area contributed by atoms with E-state index in [9.17, 15) is 13.6 Å². The molecular formula is C10H11F2NO3. The molecule has 0 heterocycles.